The van der Waals surface area contributed by atoms with E-state index in [-0.39, 0.29) is 26.2 Å². The summed E-state index contributed by atoms with van der Waals surface area (Å²) < 4.78 is 25.3. The van der Waals surface area contributed by atoms with Gasteiger partial charge in [-0.3, -0.25) is 9.59 Å². The van der Waals surface area contributed by atoms with Gasteiger partial charge in [-0.05, 0) is 30.2 Å². The zero-order chi connectivity index (χ0) is 21.9. The Morgan fingerprint density at radius 2 is 1.73 bits per heavy atom. The van der Waals surface area contributed by atoms with Crippen LogP contribution in [-0.2, 0) is 32.7 Å². The molecule has 1 saturated heterocycles. The summed E-state index contributed by atoms with van der Waals surface area (Å²) in [5.74, 6) is -0.838. The first kappa shape index (κ1) is 22.3. The fourth-order valence-corrected chi connectivity index (χ4v) is 4.39. The van der Waals surface area contributed by atoms with Crippen LogP contribution in [0, 0.1) is 0 Å². The topological polar surface area (TPSA) is 86.8 Å². The normalized spacial score (nSPS) is 20.2. The average molecular weight is 450 g/mol. The number of hydrogen-bond acceptors (Lipinski definition) is 4. The van der Waals surface area contributed by atoms with Gasteiger partial charge in [-0.25, -0.2) is 8.42 Å². The lowest BCUT2D eigenvalue weighted by molar-refractivity contribution is -0.153. The summed E-state index contributed by atoms with van der Waals surface area (Å²) in [6, 6.07) is 16.3. The van der Waals surface area contributed by atoms with Gasteiger partial charge in [0.15, 0.2) is 0 Å². The second kappa shape index (κ2) is 8.75. The van der Waals surface area contributed by atoms with Gasteiger partial charge in [-0.15, -0.1) is 0 Å². The van der Waals surface area contributed by atoms with Gasteiger partial charge in [0.05, 0.1) is 12.8 Å². The lowest BCUT2D eigenvalue weighted by Gasteiger charge is -2.46. The Balaban J connectivity index is 1.86. The Morgan fingerprint density at radius 1 is 1.10 bits per heavy atom. The van der Waals surface area contributed by atoms with Crippen molar-refractivity contribution in [1.29, 1.82) is 0 Å². The van der Waals surface area contributed by atoms with Crippen LogP contribution in [-0.4, -0.2) is 54.3 Å². The molecule has 0 radical (unpaired) electrons. The van der Waals surface area contributed by atoms with Gasteiger partial charge >= 0.3 is 0 Å². The number of benzene rings is 2. The molecule has 0 saturated carbocycles. The van der Waals surface area contributed by atoms with Crippen molar-refractivity contribution in [3.05, 3.63) is 70.7 Å². The van der Waals surface area contributed by atoms with Gasteiger partial charge in [-0.1, -0.05) is 54.1 Å². The van der Waals surface area contributed by atoms with Crippen molar-refractivity contribution in [2.24, 2.45) is 0 Å². The molecule has 1 heterocycles. The summed E-state index contributed by atoms with van der Waals surface area (Å²) >= 11 is 5.90. The smallest absolute Gasteiger partial charge is 0.247 e. The van der Waals surface area contributed by atoms with E-state index in [4.69, 9.17) is 11.6 Å². The van der Waals surface area contributed by atoms with E-state index in [1.165, 1.54) is 4.90 Å². The molecule has 0 unspecified atom stereocenters. The van der Waals surface area contributed by atoms with E-state index in [0.29, 0.717) is 5.02 Å². The zero-order valence-corrected chi connectivity index (χ0v) is 18.4. The van der Waals surface area contributed by atoms with Gasteiger partial charge in [-0.2, -0.15) is 4.31 Å². The number of rotatable bonds is 6. The zero-order valence-electron chi connectivity index (χ0n) is 16.8. The highest BCUT2D eigenvalue weighted by atomic mass is 35.5. The van der Waals surface area contributed by atoms with Crippen LogP contribution in [0.2, 0.25) is 5.02 Å². The number of carbonyl (C=O) groups excluding carboxylic acids is 2. The van der Waals surface area contributed by atoms with Gasteiger partial charge in [0, 0.05) is 24.7 Å². The SMILES string of the molecule is C[C@]1(C(=O)NCc2ccc(Cl)cc2)CN(S(C)(=O)=O)CC(=O)N1Cc1ccccc1. The number of nitrogens with zero attached hydrogens (tertiary/aromatic N) is 2. The Morgan fingerprint density at radius 3 is 2.33 bits per heavy atom. The average Bonchev–Trinajstić information content (AvgIpc) is 2.70. The van der Waals surface area contributed by atoms with Crippen LogP contribution >= 0.6 is 11.6 Å². The fourth-order valence-electron chi connectivity index (χ4n) is 3.43. The summed E-state index contributed by atoms with van der Waals surface area (Å²) in [4.78, 5) is 27.6. The molecule has 2 aromatic carbocycles. The minimum atomic E-state index is -3.64. The quantitative estimate of drug-likeness (QED) is 0.730. The third-order valence-electron chi connectivity index (χ3n) is 5.20. The molecule has 7 nitrogen and oxygen atoms in total. The van der Waals surface area contributed by atoms with Crippen LogP contribution in [0.1, 0.15) is 18.1 Å². The van der Waals surface area contributed by atoms with Crippen molar-refractivity contribution in [2.75, 3.05) is 19.3 Å². The number of halogens is 1. The largest absolute Gasteiger partial charge is 0.350 e. The number of amides is 2. The standard InChI is InChI=1S/C21H24ClN3O4S/c1-21(20(27)23-12-16-8-10-18(22)11-9-16)15-24(30(2,28)29)14-19(26)25(21)13-17-6-4-3-5-7-17/h3-11H,12-15H2,1-2H3,(H,23,27)/t21-/m1/s1. The van der Waals surface area contributed by atoms with E-state index in [9.17, 15) is 18.0 Å². The predicted octanol–water partition coefficient (Wildman–Crippen LogP) is 2.02. The van der Waals surface area contributed by atoms with Crippen LogP contribution in [0.25, 0.3) is 0 Å². The van der Waals surface area contributed by atoms with Crippen molar-refractivity contribution in [2.45, 2.75) is 25.6 Å². The maximum absolute atomic E-state index is 13.2. The molecule has 1 aliphatic rings. The first-order valence-corrected chi connectivity index (χ1v) is 11.6. The van der Waals surface area contributed by atoms with Gasteiger partial charge < -0.3 is 10.2 Å². The third kappa shape index (κ3) is 5.00. The summed E-state index contributed by atoms with van der Waals surface area (Å²) in [5, 5.41) is 3.43. The Hall–Kier alpha value is -2.42. The fraction of sp³-hybridized carbons (Fsp3) is 0.333. The first-order chi connectivity index (χ1) is 14.1. The summed E-state index contributed by atoms with van der Waals surface area (Å²) in [6.07, 6.45) is 1.04. The van der Waals surface area contributed by atoms with Crippen LogP contribution in [0.4, 0.5) is 0 Å². The lowest BCUT2D eigenvalue weighted by atomic mass is 9.94. The van der Waals surface area contributed by atoms with E-state index in [0.717, 1.165) is 21.7 Å². The van der Waals surface area contributed by atoms with Crippen molar-refractivity contribution in [3.63, 3.8) is 0 Å². The van der Waals surface area contributed by atoms with E-state index in [2.05, 4.69) is 5.32 Å². The molecule has 2 aromatic rings. The maximum atomic E-state index is 13.2. The molecule has 1 aliphatic heterocycles. The van der Waals surface area contributed by atoms with E-state index in [1.54, 1.807) is 31.2 Å². The van der Waals surface area contributed by atoms with Crippen molar-refractivity contribution in [1.82, 2.24) is 14.5 Å². The molecule has 1 N–H and O–H groups in total. The summed E-state index contributed by atoms with van der Waals surface area (Å²) in [6.45, 7) is 1.64. The van der Waals surface area contributed by atoms with Crippen LogP contribution < -0.4 is 5.32 Å². The number of hydrogen-bond donors (Lipinski definition) is 1. The lowest BCUT2D eigenvalue weighted by Crippen LogP contribution is -2.69. The highest BCUT2D eigenvalue weighted by Crippen LogP contribution is 2.27. The molecule has 0 spiro atoms. The Kier molecular flexibility index (Phi) is 6.50. The molecular weight excluding hydrogens is 426 g/mol. The molecule has 1 atom stereocenters. The first-order valence-electron chi connectivity index (χ1n) is 9.42. The summed E-state index contributed by atoms with van der Waals surface area (Å²) in [7, 11) is -3.64. The third-order valence-corrected chi connectivity index (χ3v) is 6.65. The molecular formula is C21H24ClN3O4S. The number of nitrogens with one attached hydrogen (secondary N) is 1. The van der Waals surface area contributed by atoms with Gasteiger partial charge in [0.25, 0.3) is 0 Å². The van der Waals surface area contributed by atoms with Crippen molar-refractivity contribution in [3.8, 4) is 0 Å². The van der Waals surface area contributed by atoms with Crippen molar-refractivity contribution < 1.29 is 18.0 Å². The maximum Gasteiger partial charge on any atom is 0.247 e. The van der Waals surface area contributed by atoms with Gasteiger partial charge in [0.1, 0.15) is 5.54 Å². The monoisotopic (exact) mass is 449 g/mol. The van der Waals surface area contributed by atoms with E-state index in [1.807, 2.05) is 30.3 Å². The van der Waals surface area contributed by atoms with Crippen LogP contribution in [0.3, 0.4) is 0 Å². The molecule has 0 aliphatic carbocycles. The molecule has 1 fully saturated rings. The van der Waals surface area contributed by atoms with E-state index >= 15 is 0 Å². The Bertz CT molecular complexity index is 1030. The molecule has 3 rings (SSSR count). The number of carbonyl (C=O) groups is 2. The highest BCUT2D eigenvalue weighted by molar-refractivity contribution is 7.88. The van der Waals surface area contributed by atoms with Crippen molar-refractivity contribution >= 4 is 33.4 Å². The van der Waals surface area contributed by atoms with Crippen LogP contribution in [0.15, 0.2) is 54.6 Å². The molecule has 2 amide bonds. The van der Waals surface area contributed by atoms with Crippen LogP contribution in [0.5, 0.6) is 0 Å². The number of piperazine rings is 1. The highest BCUT2D eigenvalue weighted by Gasteiger charge is 2.49. The molecule has 0 aromatic heterocycles. The molecule has 160 valence electrons. The second-order valence-corrected chi connectivity index (χ2v) is 10.00. The minimum Gasteiger partial charge on any atom is -0.350 e. The second-order valence-electron chi connectivity index (χ2n) is 7.58. The minimum absolute atomic E-state index is 0.114. The molecule has 9 heteroatoms. The molecule has 30 heavy (non-hydrogen) atoms. The van der Waals surface area contributed by atoms with Gasteiger partial charge in [0.2, 0.25) is 21.8 Å². The molecule has 0 bridgehead atoms. The number of sulfonamides is 1. The Labute approximate surface area is 181 Å². The summed E-state index contributed by atoms with van der Waals surface area (Å²) in [5.41, 5.74) is 0.337. The predicted molar refractivity (Wildman–Crippen MR) is 115 cm³/mol. The van der Waals surface area contributed by atoms with E-state index < -0.39 is 27.4 Å².